The van der Waals surface area contributed by atoms with Crippen LogP contribution in [0.3, 0.4) is 0 Å². The van der Waals surface area contributed by atoms with Crippen LogP contribution >= 0.6 is 11.6 Å². The van der Waals surface area contributed by atoms with Crippen molar-refractivity contribution >= 4 is 40.7 Å². The van der Waals surface area contributed by atoms with E-state index in [0.29, 0.717) is 0 Å². The molecule has 1 aliphatic rings. The van der Waals surface area contributed by atoms with Crippen molar-refractivity contribution in [3.8, 4) is 0 Å². The normalized spacial score (nSPS) is 20.6. The number of halogens is 3. The third-order valence-corrected chi connectivity index (χ3v) is 5.89. The maximum atomic E-state index is 15.8. The summed E-state index contributed by atoms with van der Waals surface area (Å²) in [6.07, 6.45) is -4.66. The molecule has 0 unspecified atom stereocenters. The monoisotopic (exact) mass is 529 g/mol. The first-order chi connectivity index (χ1) is 17.8. The van der Waals surface area contributed by atoms with Crippen molar-refractivity contribution in [2.45, 2.75) is 24.4 Å². The zero-order chi connectivity index (χ0) is 26.2. The quantitative estimate of drug-likeness (QED) is 0.293. The molecule has 2 aromatic heterocycles. The van der Waals surface area contributed by atoms with Crippen LogP contribution in [0.2, 0.25) is 5.15 Å². The minimum atomic E-state index is -3.81. The third-order valence-electron chi connectivity index (χ3n) is 5.63. The first kappa shape index (κ1) is 24.5. The topological polar surface area (TPSA) is 131 Å². The summed E-state index contributed by atoms with van der Waals surface area (Å²) >= 11 is 6.03. The van der Waals surface area contributed by atoms with Crippen LogP contribution in [0.25, 0.3) is 11.2 Å². The molecule has 190 valence electrons. The smallest absolute Gasteiger partial charge is 0.338 e. The third kappa shape index (κ3) is 4.68. The number of hydrogen-bond acceptors (Lipinski definition) is 9. The van der Waals surface area contributed by atoms with Crippen LogP contribution in [-0.2, 0) is 14.2 Å². The number of nitrogens with two attached hydrogens (primary N) is 1. The molecule has 10 nitrogen and oxygen atoms in total. The summed E-state index contributed by atoms with van der Waals surface area (Å²) in [5.41, 5.74) is 5.81. The van der Waals surface area contributed by atoms with Gasteiger partial charge in [-0.2, -0.15) is 18.7 Å². The van der Waals surface area contributed by atoms with Crippen LogP contribution in [0.15, 0.2) is 67.0 Å². The number of hydrogen-bond donors (Lipinski definition) is 1. The number of esters is 2. The lowest BCUT2D eigenvalue weighted by Crippen LogP contribution is -2.43. The van der Waals surface area contributed by atoms with Gasteiger partial charge in [-0.15, -0.1) is 0 Å². The molecular formula is C24H18ClF2N5O5. The number of aromatic nitrogens is 4. The number of imidazole rings is 1. The second-order valence-electron chi connectivity index (χ2n) is 8.05. The molecule has 0 saturated carbocycles. The van der Waals surface area contributed by atoms with Crippen LogP contribution in [0.4, 0.5) is 14.7 Å². The van der Waals surface area contributed by atoms with E-state index in [-0.39, 0.29) is 33.4 Å². The summed E-state index contributed by atoms with van der Waals surface area (Å²) in [5.74, 6) is -5.84. The zero-order valence-corrected chi connectivity index (χ0v) is 19.6. The summed E-state index contributed by atoms with van der Waals surface area (Å²) in [5, 5.41) is -0.136. The highest BCUT2D eigenvalue weighted by molar-refractivity contribution is 6.33. The van der Waals surface area contributed by atoms with Crippen molar-refractivity contribution < 1.29 is 32.6 Å². The maximum Gasteiger partial charge on any atom is 0.338 e. The molecule has 2 N–H and O–H groups in total. The van der Waals surface area contributed by atoms with Gasteiger partial charge in [0.15, 0.2) is 16.9 Å². The Morgan fingerprint density at radius 2 is 1.65 bits per heavy atom. The first-order valence-electron chi connectivity index (χ1n) is 10.9. The van der Waals surface area contributed by atoms with Crippen molar-refractivity contribution in [3.05, 3.63) is 83.3 Å². The van der Waals surface area contributed by atoms with Crippen LogP contribution in [-0.4, -0.2) is 56.2 Å². The Kier molecular flexibility index (Phi) is 6.44. The molecule has 37 heavy (non-hydrogen) atoms. The molecule has 1 aliphatic heterocycles. The molecule has 3 atom stereocenters. The molecule has 4 aromatic rings. The Hall–Kier alpha value is -4.16. The molecule has 2 aromatic carbocycles. The lowest BCUT2D eigenvalue weighted by atomic mass is 10.1. The Labute approximate surface area is 212 Å². The maximum absolute atomic E-state index is 15.8. The Bertz CT molecular complexity index is 1450. The molecule has 1 saturated heterocycles. The largest absolute Gasteiger partial charge is 0.459 e. The molecule has 0 spiro atoms. The fourth-order valence-electron chi connectivity index (χ4n) is 3.89. The zero-order valence-electron chi connectivity index (χ0n) is 18.8. The van der Waals surface area contributed by atoms with Crippen molar-refractivity contribution in [2.75, 3.05) is 12.3 Å². The number of rotatable bonds is 6. The van der Waals surface area contributed by atoms with Gasteiger partial charge in [-0.3, -0.25) is 4.57 Å². The lowest BCUT2D eigenvalue weighted by molar-refractivity contribution is -0.140. The summed E-state index contributed by atoms with van der Waals surface area (Å²) in [6.45, 7) is -0.628. The van der Waals surface area contributed by atoms with Crippen molar-refractivity contribution in [2.24, 2.45) is 0 Å². The minimum Gasteiger partial charge on any atom is -0.459 e. The van der Waals surface area contributed by atoms with E-state index in [2.05, 4.69) is 15.0 Å². The highest BCUT2D eigenvalue weighted by Crippen LogP contribution is 2.46. The number of ether oxygens (including phenoxy) is 3. The van der Waals surface area contributed by atoms with E-state index in [9.17, 15) is 9.59 Å². The molecule has 0 bridgehead atoms. The van der Waals surface area contributed by atoms with Crippen molar-refractivity contribution in [1.82, 2.24) is 19.5 Å². The first-order valence-corrected chi connectivity index (χ1v) is 11.3. The van der Waals surface area contributed by atoms with E-state index in [1.807, 2.05) is 0 Å². The van der Waals surface area contributed by atoms with Gasteiger partial charge in [-0.05, 0) is 24.3 Å². The van der Waals surface area contributed by atoms with E-state index in [1.54, 1.807) is 36.4 Å². The second-order valence-corrected chi connectivity index (χ2v) is 8.41. The molecule has 0 radical (unpaired) electrons. The molecule has 1 fully saturated rings. The number of carbonyl (C=O) groups excluding carboxylic acids is 2. The number of alkyl halides is 2. The average Bonchev–Trinajstić information content (AvgIpc) is 3.41. The van der Waals surface area contributed by atoms with Gasteiger partial charge in [0.2, 0.25) is 12.2 Å². The number of nitrogen functional groups attached to an aromatic ring is 1. The fraction of sp³-hybridized carbons (Fsp3) is 0.208. The van der Waals surface area contributed by atoms with E-state index in [0.717, 1.165) is 10.9 Å². The van der Waals surface area contributed by atoms with Crippen LogP contribution < -0.4 is 5.73 Å². The van der Waals surface area contributed by atoms with E-state index >= 15 is 8.78 Å². The Balaban J connectivity index is 1.47. The van der Waals surface area contributed by atoms with Gasteiger partial charge in [0.1, 0.15) is 18.2 Å². The van der Waals surface area contributed by atoms with Gasteiger partial charge in [0, 0.05) is 0 Å². The van der Waals surface area contributed by atoms with Gasteiger partial charge in [0.05, 0.1) is 17.5 Å². The van der Waals surface area contributed by atoms with Crippen LogP contribution in [0, 0.1) is 0 Å². The highest BCUT2D eigenvalue weighted by Gasteiger charge is 2.63. The minimum absolute atomic E-state index is 0.0204. The van der Waals surface area contributed by atoms with Crippen LogP contribution in [0.5, 0.6) is 0 Å². The van der Waals surface area contributed by atoms with Gasteiger partial charge in [0.25, 0.3) is 0 Å². The van der Waals surface area contributed by atoms with Gasteiger partial charge >= 0.3 is 17.9 Å². The van der Waals surface area contributed by atoms with Gasteiger partial charge < -0.3 is 19.9 Å². The van der Waals surface area contributed by atoms with Crippen molar-refractivity contribution in [3.63, 3.8) is 0 Å². The Morgan fingerprint density at radius 3 is 2.30 bits per heavy atom. The SMILES string of the molecule is Nc1nc(Cl)c2ncn([C@@H]3O[C@H](COC(=O)c4ccccc4)[C@@H](OC(=O)c4ccccc4)C3(F)F)c2n1. The second kappa shape index (κ2) is 9.71. The summed E-state index contributed by atoms with van der Waals surface area (Å²) in [6, 6.07) is 15.6. The van der Waals surface area contributed by atoms with Crippen molar-refractivity contribution in [1.29, 1.82) is 0 Å². The standard InChI is InChI=1S/C24H18ClF2N5O5/c25-18-16-19(31-23(28)30-18)32(12-29-16)22-24(26,27)17(37-21(34)14-9-5-2-6-10-14)15(36-22)11-35-20(33)13-7-3-1-4-8-13/h1-10,12,15,17,22H,11H2,(H2,28,30,31)/t15-,17-,22-/m1/s1. The summed E-state index contributed by atoms with van der Waals surface area (Å²) in [4.78, 5) is 36.8. The molecule has 13 heteroatoms. The average molecular weight is 530 g/mol. The molecule has 3 heterocycles. The Morgan fingerprint density at radius 1 is 1.03 bits per heavy atom. The molecule has 0 amide bonds. The highest BCUT2D eigenvalue weighted by atomic mass is 35.5. The number of fused-ring (bicyclic) bond motifs is 1. The summed E-state index contributed by atoms with van der Waals surface area (Å²) in [7, 11) is 0. The number of benzene rings is 2. The number of nitrogens with zero attached hydrogens (tertiary/aromatic N) is 4. The predicted octanol–water partition coefficient (Wildman–Crippen LogP) is 3.68. The number of carbonyl (C=O) groups is 2. The van der Waals surface area contributed by atoms with Gasteiger partial charge in [-0.1, -0.05) is 48.0 Å². The van der Waals surface area contributed by atoms with Crippen LogP contribution in [0.1, 0.15) is 26.9 Å². The van der Waals surface area contributed by atoms with E-state index in [1.165, 1.54) is 24.3 Å². The fourth-order valence-corrected chi connectivity index (χ4v) is 4.11. The lowest BCUT2D eigenvalue weighted by Gasteiger charge is -2.24. The van der Waals surface area contributed by atoms with Gasteiger partial charge in [-0.25, -0.2) is 14.6 Å². The molecular weight excluding hydrogens is 512 g/mol. The summed E-state index contributed by atoms with van der Waals surface area (Å²) < 4.78 is 48.7. The molecule has 0 aliphatic carbocycles. The predicted molar refractivity (Wildman–Crippen MR) is 126 cm³/mol. The number of anilines is 1. The van der Waals surface area contributed by atoms with E-state index in [4.69, 9.17) is 31.5 Å². The molecule has 5 rings (SSSR count). The van der Waals surface area contributed by atoms with E-state index < -0.39 is 42.9 Å².